The number of hydrogen-bond donors (Lipinski definition) is 2. The summed E-state index contributed by atoms with van der Waals surface area (Å²) in [5.41, 5.74) is -1.78. The van der Waals surface area contributed by atoms with Crippen LogP contribution in [0.2, 0.25) is 0 Å². The number of hydrogen-bond acceptors (Lipinski definition) is 5. The lowest BCUT2D eigenvalue weighted by molar-refractivity contribution is -0.00471. The van der Waals surface area contributed by atoms with Crippen molar-refractivity contribution in [2.75, 3.05) is 0 Å². The zero-order valence-electron chi connectivity index (χ0n) is 13.2. The van der Waals surface area contributed by atoms with E-state index in [1.54, 1.807) is 0 Å². The summed E-state index contributed by atoms with van der Waals surface area (Å²) in [5.74, 6) is -1.95. The molecule has 3 rings (SSSR count). The first-order valence-electron chi connectivity index (χ1n) is 8.10. The Labute approximate surface area is 137 Å². The predicted molar refractivity (Wildman–Crippen MR) is 85.7 cm³/mol. The molecule has 0 amide bonds. The van der Waals surface area contributed by atoms with Gasteiger partial charge in [0.2, 0.25) is 0 Å². The SMILES string of the molecule is O=C(CCC1(O)CCCCC1)c1cc(=O)c2cc(O)cc(F)c2o1. The average molecular weight is 334 g/mol. The summed E-state index contributed by atoms with van der Waals surface area (Å²) in [6.45, 7) is 0. The van der Waals surface area contributed by atoms with Crippen LogP contribution in [0.25, 0.3) is 11.0 Å². The molecule has 0 unspecified atom stereocenters. The van der Waals surface area contributed by atoms with Crippen LogP contribution in [0.15, 0.2) is 27.4 Å². The maximum absolute atomic E-state index is 13.9. The summed E-state index contributed by atoms with van der Waals surface area (Å²) in [6.07, 6.45) is 4.61. The number of rotatable bonds is 4. The Bertz CT molecular complexity index is 833. The molecule has 2 N–H and O–H groups in total. The molecule has 0 bridgehead atoms. The number of halogens is 1. The van der Waals surface area contributed by atoms with Crippen molar-refractivity contribution in [3.05, 3.63) is 40.0 Å². The van der Waals surface area contributed by atoms with Crippen LogP contribution in [-0.4, -0.2) is 21.6 Å². The van der Waals surface area contributed by atoms with E-state index in [1.165, 1.54) is 0 Å². The molecular formula is C18H19FO5. The van der Waals surface area contributed by atoms with E-state index in [2.05, 4.69) is 0 Å². The third-order valence-corrected chi connectivity index (χ3v) is 4.64. The molecular weight excluding hydrogens is 315 g/mol. The zero-order valence-corrected chi connectivity index (χ0v) is 13.2. The Kier molecular flexibility index (Phi) is 4.41. The van der Waals surface area contributed by atoms with Crippen LogP contribution in [0.1, 0.15) is 55.5 Å². The van der Waals surface area contributed by atoms with Gasteiger partial charge in [-0.3, -0.25) is 9.59 Å². The van der Waals surface area contributed by atoms with Gasteiger partial charge in [0.1, 0.15) is 5.75 Å². The van der Waals surface area contributed by atoms with Gasteiger partial charge in [-0.1, -0.05) is 19.3 Å². The Balaban J connectivity index is 1.84. The average Bonchev–Trinajstić information content (AvgIpc) is 2.54. The van der Waals surface area contributed by atoms with Gasteiger partial charge in [-0.2, -0.15) is 0 Å². The van der Waals surface area contributed by atoms with Gasteiger partial charge in [0.05, 0.1) is 11.0 Å². The van der Waals surface area contributed by atoms with E-state index in [9.17, 15) is 24.2 Å². The van der Waals surface area contributed by atoms with Gasteiger partial charge in [-0.05, 0) is 25.3 Å². The lowest BCUT2D eigenvalue weighted by atomic mass is 9.81. The zero-order chi connectivity index (χ0) is 17.3. The highest BCUT2D eigenvalue weighted by Gasteiger charge is 2.30. The van der Waals surface area contributed by atoms with Gasteiger partial charge in [-0.25, -0.2) is 4.39 Å². The monoisotopic (exact) mass is 334 g/mol. The van der Waals surface area contributed by atoms with Gasteiger partial charge in [0.15, 0.2) is 28.4 Å². The van der Waals surface area contributed by atoms with E-state index >= 15 is 0 Å². The van der Waals surface area contributed by atoms with Crippen molar-refractivity contribution in [1.82, 2.24) is 0 Å². The molecule has 2 aromatic rings. The number of ketones is 1. The molecule has 128 valence electrons. The Morgan fingerprint density at radius 1 is 1.21 bits per heavy atom. The van der Waals surface area contributed by atoms with Crippen molar-refractivity contribution in [3.63, 3.8) is 0 Å². The maximum atomic E-state index is 13.9. The molecule has 1 aliphatic carbocycles. The largest absolute Gasteiger partial charge is 0.508 e. The number of aromatic hydroxyl groups is 1. The van der Waals surface area contributed by atoms with E-state index in [4.69, 9.17) is 4.42 Å². The Morgan fingerprint density at radius 3 is 2.62 bits per heavy atom. The summed E-state index contributed by atoms with van der Waals surface area (Å²) >= 11 is 0. The van der Waals surface area contributed by atoms with Gasteiger partial charge in [0, 0.05) is 18.6 Å². The van der Waals surface area contributed by atoms with Crippen LogP contribution in [0.4, 0.5) is 4.39 Å². The fraction of sp³-hybridized carbons (Fsp3) is 0.444. The van der Waals surface area contributed by atoms with Crippen molar-refractivity contribution >= 4 is 16.8 Å². The van der Waals surface area contributed by atoms with Gasteiger partial charge >= 0.3 is 0 Å². The second kappa shape index (κ2) is 6.36. The number of fused-ring (bicyclic) bond motifs is 1. The van der Waals surface area contributed by atoms with E-state index in [-0.39, 0.29) is 28.9 Å². The third-order valence-electron chi connectivity index (χ3n) is 4.64. The van der Waals surface area contributed by atoms with Crippen LogP contribution in [0.3, 0.4) is 0 Å². The predicted octanol–water partition coefficient (Wildman–Crippen LogP) is 3.30. The molecule has 1 heterocycles. The van der Waals surface area contributed by atoms with Crippen LogP contribution in [-0.2, 0) is 0 Å². The molecule has 1 saturated carbocycles. The Morgan fingerprint density at radius 2 is 1.92 bits per heavy atom. The molecule has 5 nitrogen and oxygen atoms in total. The van der Waals surface area contributed by atoms with Crippen LogP contribution >= 0.6 is 0 Å². The fourth-order valence-electron chi connectivity index (χ4n) is 3.27. The molecule has 24 heavy (non-hydrogen) atoms. The molecule has 1 aromatic carbocycles. The molecule has 0 atom stereocenters. The first-order chi connectivity index (χ1) is 11.4. The standard InChI is InChI=1S/C18H19FO5/c19-13-9-11(20)8-12-15(22)10-16(24-17(12)13)14(21)4-7-18(23)5-2-1-3-6-18/h8-10,20,23H,1-7H2. The normalized spacial score (nSPS) is 17.1. The summed E-state index contributed by atoms with van der Waals surface area (Å²) < 4.78 is 19.1. The van der Waals surface area contributed by atoms with Crippen molar-refractivity contribution < 1.29 is 23.8 Å². The summed E-state index contributed by atoms with van der Waals surface area (Å²) in [4.78, 5) is 24.3. The number of aliphatic hydroxyl groups is 1. The third kappa shape index (κ3) is 3.33. The van der Waals surface area contributed by atoms with Gasteiger partial charge in [-0.15, -0.1) is 0 Å². The van der Waals surface area contributed by atoms with E-state index in [1.807, 2.05) is 0 Å². The van der Waals surface area contributed by atoms with Gasteiger partial charge in [0.25, 0.3) is 0 Å². The summed E-state index contributed by atoms with van der Waals surface area (Å²) in [5, 5.41) is 19.7. The lowest BCUT2D eigenvalue weighted by Gasteiger charge is -2.31. The highest BCUT2D eigenvalue weighted by Crippen LogP contribution is 2.32. The Hall–Kier alpha value is -2.21. The highest BCUT2D eigenvalue weighted by atomic mass is 19.1. The summed E-state index contributed by atoms with van der Waals surface area (Å²) in [7, 11) is 0. The minimum atomic E-state index is -0.900. The maximum Gasteiger partial charge on any atom is 0.198 e. The van der Waals surface area contributed by atoms with Crippen LogP contribution in [0, 0.1) is 5.82 Å². The number of phenolic OH excluding ortho intramolecular Hbond substituents is 1. The first-order valence-corrected chi connectivity index (χ1v) is 8.10. The van der Waals surface area contributed by atoms with E-state index in [0.29, 0.717) is 19.3 Å². The number of Topliss-reactive ketones (excluding diaryl/α,β-unsaturated/α-hetero) is 1. The topological polar surface area (TPSA) is 87.7 Å². The van der Waals surface area contributed by atoms with E-state index in [0.717, 1.165) is 37.5 Å². The molecule has 6 heteroatoms. The number of phenols is 1. The second-order valence-electron chi connectivity index (χ2n) is 6.49. The molecule has 0 spiro atoms. The molecule has 0 saturated heterocycles. The minimum absolute atomic E-state index is 0.0324. The van der Waals surface area contributed by atoms with Crippen molar-refractivity contribution in [2.45, 2.75) is 50.5 Å². The van der Waals surface area contributed by atoms with Gasteiger partial charge < -0.3 is 14.6 Å². The molecule has 0 radical (unpaired) electrons. The van der Waals surface area contributed by atoms with Crippen molar-refractivity contribution in [1.29, 1.82) is 0 Å². The van der Waals surface area contributed by atoms with Crippen molar-refractivity contribution in [3.8, 4) is 5.75 Å². The highest BCUT2D eigenvalue weighted by molar-refractivity contribution is 5.95. The number of carbonyl (C=O) groups is 1. The van der Waals surface area contributed by atoms with E-state index < -0.39 is 22.6 Å². The first kappa shape index (κ1) is 16.6. The fourth-order valence-corrected chi connectivity index (χ4v) is 3.27. The lowest BCUT2D eigenvalue weighted by Crippen LogP contribution is -2.31. The van der Waals surface area contributed by atoms with Crippen LogP contribution in [0.5, 0.6) is 5.75 Å². The second-order valence-corrected chi connectivity index (χ2v) is 6.49. The number of benzene rings is 1. The smallest absolute Gasteiger partial charge is 0.198 e. The minimum Gasteiger partial charge on any atom is -0.508 e. The molecule has 1 fully saturated rings. The molecule has 0 aliphatic heterocycles. The molecule has 1 aliphatic rings. The van der Waals surface area contributed by atoms with Crippen molar-refractivity contribution in [2.24, 2.45) is 0 Å². The van der Waals surface area contributed by atoms with Crippen LogP contribution < -0.4 is 5.43 Å². The quantitative estimate of drug-likeness (QED) is 0.838. The summed E-state index contributed by atoms with van der Waals surface area (Å²) in [6, 6.07) is 2.93. The molecule has 1 aromatic heterocycles. The number of carbonyl (C=O) groups excluding carboxylic acids is 1.